The van der Waals surface area contributed by atoms with Crippen LogP contribution in [0.3, 0.4) is 0 Å². The number of carbonyl (C=O) groups is 1. The van der Waals surface area contributed by atoms with Crippen LogP contribution in [-0.2, 0) is 17.8 Å². The van der Waals surface area contributed by atoms with E-state index in [0.29, 0.717) is 18.1 Å². The number of benzene rings is 2. The van der Waals surface area contributed by atoms with Gasteiger partial charge in [0.1, 0.15) is 11.6 Å². The minimum atomic E-state index is -0.342. The van der Waals surface area contributed by atoms with Gasteiger partial charge in [-0.25, -0.2) is 0 Å². The Bertz CT molecular complexity index is 1160. The number of hydrogen-bond acceptors (Lipinski definition) is 6. The lowest BCUT2D eigenvalue weighted by atomic mass is 10.2. The number of methoxy groups -OCH3 is 1. The molecule has 0 aliphatic carbocycles. The van der Waals surface area contributed by atoms with Crippen LogP contribution in [0.4, 0.5) is 0 Å². The Morgan fingerprint density at radius 1 is 1.09 bits per heavy atom. The predicted molar refractivity (Wildman–Crippen MR) is 129 cm³/mol. The minimum absolute atomic E-state index is 0.0664. The Balaban J connectivity index is 1.50. The summed E-state index contributed by atoms with van der Waals surface area (Å²) >= 11 is 3.10. The number of nitrogens with one attached hydrogen (secondary N) is 1. The smallest absolute Gasteiger partial charge is 0.233 e. The molecule has 0 aliphatic rings. The van der Waals surface area contributed by atoms with Gasteiger partial charge in [-0.05, 0) is 36.6 Å². The summed E-state index contributed by atoms with van der Waals surface area (Å²) < 4.78 is 7.40. The first-order chi connectivity index (χ1) is 15.7. The summed E-state index contributed by atoms with van der Waals surface area (Å²) in [5.41, 5.74) is 1.92. The number of hydrogen-bond donors (Lipinski definition) is 1. The second kappa shape index (κ2) is 10.5. The van der Waals surface area contributed by atoms with Gasteiger partial charge in [0.2, 0.25) is 5.91 Å². The van der Waals surface area contributed by atoms with Crippen molar-refractivity contribution in [2.45, 2.75) is 30.3 Å². The molecule has 2 heterocycles. The summed E-state index contributed by atoms with van der Waals surface area (Å²) in [6.45, 7) is 2.29. The molecule has 0 spiro atoms. The second-order valence-electron chi connectivity index (χ2n) is 7.12. The van der Waals surface area contributed by atoms with Crippen LogP contribution in [0.25, 0.3) is 5.69 Å². The molecule has 32 heavy (non-hydrogen) atoms. The average Bonchev–Trinajstić information content (AvgIpc) is 3.48. The molecule has 4 rings (SSSR count). The number of thioether (sulfide) groups is 1. The van der Waals surface area contributed by atoms with Crippen LogP contribution >= 0.6 is 23.1 Å². The van der Waals surface area contributed by atoms with E-state index in [2.05, 4.69) is 27.0 Å². The molecule has 0 fully saturated rings. The molecule has 1 atom stereocenters. The summed E-state index contributed by atoms with van der Waals surface area (Å²) in [6, 6.07) is 21.8. The fourth-order valence-electron chi connectivity index (χ4n) is 3.28. The van der Waals surface area contributed by atoms with E-state index in [4.69, 9.17) is 4.74 Å². The van der Waals surface area contributed by atoms with E-state index in [1.54, 1.807) is 18.4 Å². The zero-order valence-corrected chi connectivity index (χ0v) is 19.5. The van der Waals surface area contributed by atoms with Gasteiger partial charge in [-0.3, -0.25) is 9.36 Å². The third-order valence-corrected chi connectivity index (χ3v) is 6.84. The van der Waals surface area contributed by atoms with Gasteiger partial charge in [-0.15, -0.1) is 21.5 Å². The maximum atomic E-state index is 12.8. The summed E-state index contributed by atoms with van der Waals surface area (Å²) in [5.74, 6) is 1.54. The molecular formula is C24H24N4O2S2. The van der Waals surface area contributed by atoms with Crippen LogP contribution < -0.4 is 10.1 Å². The van der Waals surface area contributed by atoms with Gasteiger partial charge in [-0.2, -0.15) is 0 Å². The number of aromatic nitrogens is 3. The molecule has 0 aliphatic heterocycles. The van der Waals surface area contributed by atoms with Crippen LogP contribution in [0.15, 0.2) is 77.3 Å². The minimum Gasteiger partial charge on any atom is -0.496 e. The van der Waals surface area contributed by atoms with Crippen LogP contribution in [0, 0.1) is 0 Å². The molecule has 1 N–H and O–H groups in total. The Morgan fingerprint density at radius 2 is 1.88 bits per heavy atom. The molecule has 0 saturated carbocycles. The Labute approximate surface area is 195 Å². The van der Waals surface area contributed by atoms with Crippen molar-refractivity contribution in [3.8, 4) is 11.4 Å². The number of para-hydroxylation sites is 2. The third-order valence-electron chi connectivity index (χ3n) is 4.92. The zero-order chi connectivity index (χ0) is 22.3. The van der Waals surface area contributed by atoms with Crippen molar-refractivity contribution in [2.75, 3.05) is 7.11 Å². The maximum absolute atomic E-state index is 12.8. The standard InChI is InChI=1S/C24H24N4O2S2/c1-17(23(29)25-16-18-9-6-7-13-21(18)30-2)32-24-27-26-22(15-20-12-8-14-31-20)28(24)19-10-4-3-5-11-19/h3-14,17H,15-16H2,1-2H3,(H,25,29)/t17-/m0/s1. The van der Waals surface area contributed by atoms with Crippen LogP contribution in [0.5, 0.6) is 5.75 Å². The predicted octanol–water partition coefficient (Wildman–Crippen LogP) is 4.73. The molecule has 2 aromatic carbocycles. The van der Waals surface area contributed by atoms with E-state index in [1.165, 1.54) is 16.6 Å². The van der Waals surface area contributed by atoms with E-state index in [9.17, 15) is 4.79 Å². The molecule has 0 unspecified atom stereocenters. The van der Waals surface area contributed by atoms with Gasteiger partial charge in [0.05, 0.1) is 12.4 Å². The van der Waals surface area contributed by atoms with E-state index in [-0.39, 0.29) is 11.2 Å². The van der Waals surface area contributed by atoms with E-state index in [0.717, 1.165) is 22.8 Å². The van der Waals surface area contributed by atoms with Crippen molar-refractivity contribution >= 4 is 29.0 Å². The fraction of sp³-hybridized carbons (Fsp3) is 0.208. The topological polar surface area (TPSA) is 69.0 Å². The number of thiophene rings is 1. The quantitative estimate of drug-likeness (QED) is 0.363. The number of nitrogens with zero attached hydrogens (tertiary/aromatic N) is 3. The molecule has 2 aromatic heterocycles. The highest BCUT2D eigenvalue weighted by atomic mass is 32.2. The van der Waals surface area contributed by atoms with E-state index < -0.39 is 0 Å². The van der Waals surface area contributed by atoms with Gasteiger partial charge in [0.25, 0.3) is 0 Å². The summed E-state index contributed by atoms with van der Waals surface area (Å²) in [5, 5.41) is 14.3. The summed E-state index contributed by atoms with van der Waals surface area (Å²) in [4.78, 5) is 14.0. The normalized spacial score (nSPS) is 11.8. The monoisotopic (exact) mass is 464 g/mol. The molecule has 6 nitrogen and oxygen atoms in total. The maximum Gasteiger partial charge on any atom is 0.233 e. The van der Waals surface area contributed by atoms with Gasteiger partial charge < -0.3 is 10.1 Å². The first kappa shape index (κ1) is 22.1. The van der Waals surface area contributed by atoms with Gasteiger partial charge in [-0.1, -0.05) is 54.2 Å². The Morgan fingerprint density at radius 3 is 2.62 bits per heavy atom. The SMILES string of the molecule is COc1ccccc1CNC(=O)[C@H](C)Sc1nnc(Cc2cccs2)n1-c1ccccc1. The Hall–Kier alpha value is -3.10. The van der Waals surface area contributed by atoms with Crippen molar-refractivity contribution in [3.05, 3.63) is 88.4 Å². The van der Waals surface area contributed by atoms with Crippen molar-refractivity contribution in [1.29, 1.82) is 0 Å². The third kappa shape index (κ3) is 5.20. The number of amides is 1. The number of carbonyl (C=O) groups excluding carboxylic acids is 1. The van der Waals surface area contributed by atoms with E-state index >= 15 is 0 Å². The fourth-order valence-corrected chi connectivity index (χ4v) is 4.90. The molecule has 4 aromatic rings. The second-order valence-corrected chi connectivity index (χ2v) is 9.46. The van der Waals surface area contributed by atoms with Crippen molar-refractivity contribution < 1.29 is 9.53 Å². The Kier molecular flexibility index (Phi) is 7.24. The lowest BCUT2D eigenvalue weighted by Gasteiger charge is -2.14. The van der Waals surface area contributed by atoms with Crippen molar-refractivity contribution in [2.24, 2.45) is 0 Å². The summed E-state index contributed by atoms with van der Waals surface area (Å²) in [6.07, 6.45) is 0.689. The van der Waals surface area contributed by atoms with Crippen LogP contribution in [0.1, 0.15) is 23.2 Å². The van der Waals surface area contributed by atoms with Crippen LogP contribution in [-0.4, -0.2) is 33.0 Å². The number of rotatable bonds is 9. The molecule has 0 radical (unpaired) electrons. The van der Waals surface area contributed by atoms with Gasteiger partial charge in [0.15, 0.2) is 5.16 Å². The van der Waals surface area contributed by atoms with Gasteiger partial charge >= 0.3 is 0 Å². The molecule has 1 amide bonds. The highest BCUT2D eigenvalue weighted by Crippen LogP contribution is 2.27. The van der Waals surface area contributed by atoms with Crippen LogP contribution in [0.2, 0.25) is 0 Å². The average molecular weight is 465 g/mol. The van der Waals surface area contributed by atoms with E-state index in [1.807, 2.05) is 72.2 Å². The van der Waals surface area contributed by atoms with Crippen molar-refractivity contribution in [1.82, 2.24) is 20.1 Å². The highest BCUT2D eigenvalue weighted by molar-refractivity contribution is 8.00. The molecular weight excluding hydrogens is 440 g/mol. The highest BCUT2D eigenvalue weighted by Gasteiger charge is 2.21. The number of ether oxygens (including phenoxy) is 1. The zero-order valence-electron chi connectivity index (χ0n) is 17.9. The first-order valence-corrected chi connectivity index (χ1v) is 12.0. The van der Waals surface area contributed by atoms with Crippen molar-refractivity contribution in [3.63, 3.8) is 0 Å². The summed E-state index contributed by atoms with van der Waals surface area (Å²) in [7, 11) is 1.63. The molecule has 8 heteroatoms. The van der Waals surface area contributed by atoms with Gasteiger partial charge in [0, 0.05) is 29.1 Å². The molecule has 0 saturated heterocycles. The molecule has 164 valence electrons. The largest absolute Gasteiger partial charge is 0.496 e. The first-order valence-electron chi connectivity index (χ1n) is 10.2. The molecule has 0 bridgehead atoms. The lowest BCUT2D eigenvalue weighted by molar-refractivity contribution is -0.120. The lowest BCUT2D eigenvalue weighted by Crippen LogP contribution is -2.30.